The number of rotatable bonds is 1. The Morgan fingerprint density at radius 2 is 2.25 bits per heavy atom. The molecule has 1 aromatic heterocycles. The summed E-state index contributed by atoms with van der Waals surface area (Å²) in [5.41, 5.74) is 4.32. The number of fused-ring (bicyclic) bond motifs is 1. The molecule has 0 radical (unpaired) electrons. The molecule has 2 aromatic rings. The Morgan fingerprint density at radius 1 is 1.31 bits per heavy atom. The van der Waals surface area contributed by atoms with Crippen LogP contribution in [-0.4, -0.2) is 9.78 Å². The molecule has 1 heterocycles. The van der Waals surface area contributed by atoms with Gasteiger partial charge in [0.25, 0.3) is 0 Å². The van der Waals surface area contributed by atoms with Crippen LogP contribution >= 0.6 is 0 Å². The highest BCUT2D eigenvalue weighted by Crippen LogP contribution is 2.24. The molecule has 0 N–H and O–H groups in total. The first-order valence-electron chi connectivity index (χ1n) is 5.45. The minimum atomic E-state index is 0.680. The van der Waals surface area contributed by atoms with Crippen molar-refractivity contribution in [1.82, 2.24) is 9.78 Å². The van der Waals surface area contributed by atoms with E-state index in [0.29, 0.717) is 5.56 Å². The zero-order valence-corrected chi connectivity index (χ0v) is 8.85. The van der Waals surface area contributed by atoms with Gasteiger partial charge in [-0.1, -0.05) is 6.07 Å². The van der Waals surface area contributed by atoms with E-state index in [4.69, 9.17) is 5.26 Å². The van der Waals surface area contributed by atoms with Gasteiger partial charge in [-0.3, -0.25) is 0 Å². The van der Waals surface area contributed by atoms with Crippen LogP contribution in [0, 0.1) is 11.3 Å². The van der Waals surface area contributed by atoms with Gasteiger partial charge in [-0.15, -0.1) is 0 Å². The number of aryl methyl sites for hydroxylation is 1. The SMILES string of the molecule is N#Cc1cccc(-n2ncc3c2CCC3)c1. The summed E-state index contributed by atoms with van der Waals surface area (Å²) < 4.78 is 1.96. The number of benzene rings is 1. The van der Waals surface area contributed by atoms with E-state index in [1.165, 1.54) is 17.7 Å². The van der Waals surface area contributed by atoms with E-state index in [9.17, 15) is 0 Å². The summed E-state index contributed by atoms with van der Waals surface area (Å²) in [5.74, 6) is 0. The second-order valence-corrected chi connectivity index (χ2v) is 4.04. The van der Waals surface area contributed by atoms with Crippen LogP contribution in [0.4, 0.5) is 0 Å². The molecule has 3 heteroatoms. The number of nitriles is 1. The summed E-state index contributed by atoms with van der Waals surface area (Å²) in [6, 6.07) is 9.74. The van der Waals surface area contributed by atoms with Gasteiger partial charge in [-0.25, -0.2) is 4.68 Å². The Balaban J connectivity index is 2.12. The molecule has 3 rings (SSSR count). The van der Waals surface area contributed by atoms with Gasteiger partial charge in [-0.2, -0.15) is 10.4 Å². The zero-order chi connectivity index (χ0) is 11.0. The summed E-state index contributed by atoms with van der Waals surface area (Å²) in [7, 11) is 0. The molecule has 0 saturated carbocycles. The lowest BCUT2D eigenvalue weighted by molar-refractivity contribution is 0.784. The maximum Gasteiger partial charge on any atom is 0.0992 e. The van der Waals surface area contributed by atoms with E-state index in [0.717, 1.165) is 18.5 Å². The van der Waals surface area contributed by atoms with Crippen molar-refractivity contribution in [2.75, 3.05) is 0 Å². The predicted octanol–water partition coefficient (Wildman–Crippen LogP) is 2.23. The van der Waals surface area contributed by atoms with Crippen LogP contribution in [0.5, 0.6) is 0 Å². The van der Waals surface area contributed by atoms with Crippen LogP contribution in [-0.2, 0) is 12.8 Å². The molecule has 0 saturated heterocycles. The highest BCUT2D eigenvalue weighted by molar-refractivity contribution is 5.43. The fourth-order valence-corrected chi connectivity index (χ4v) is 2.26. The predicted molar refractivity (Wildman–Crippen MR) is 60.3 cm³/mol. The molecule has 0 fully saturated rings. The fraction of sp³-hybridized carbons (Fsp3) is 0.231. The van der Waals surface area contributed by atoms with Crippen LogP contribution in [0.25, 0.3) is 5.69 Å². The molecule has 0 bridgehead atoms. The first-order chi connectivity index (χ1) is 7.88. The van der Waals surface area contributed by atoms with Crippen molar-refractivity contribution < 1.29 is 0 Å². The molecule has 0 spiro atoms. The van der Waals surface area contributed by atoms with E-state index < -0.39 is 0 Å². The highest BCUT2D eigenvalue weighted by Gasteiger charge is 2.17. The summed E-state index contributed by atoms with van der Waals surface area (Å²) in [5, 5.41) is 13.3. The summed E-state index contributed by atoms with van der Waals surface area (Å²) in [4.78, 5) is 0. The molecular formula is C13H11N3. The van der Waals surface area contributed by atoms with E-state index in [1.54, 1.807) is 0 Å². The minimum absolute atomic E-state index is 0.680. The van der Waals surface area contributed by atoms with Crippen LogP contribution < -0.4 is 0 Å². The second-order valence-electron chi connectivity index (χ2n) is 4.04. The smallest absolute Gasteiger partial charge is 0.0992 e. The molecule has 0 aliphatic heterocycles. The number of nitrogens with zero attached hydrogens (tertiary/aromatic N) is 3. The summed E-state index contributed by atoms with van der Waals surface area (Å²) in [6.07, 6.45) is 5.38. The maximum absolute atomic E-state index is 8.87. The summed E-state index contributed by atoms with van der Waals surface area (Å²) >= 11 is 0. The molecule has 16 heavy (non-hydrogen) atoms. The lowest BCUT2D eigenvalue weighted by Gasteiger charge is -2.05. The van der Waals surface area contributed by atoms with Gasteiger partial charge in [0.05, 0.1) is 23.5 Å². The Hall–Kier alpha value is -2.08. The molecular weight excluding hydrogens is 198 g/mol. The number of hydrogen-bond acceptors (Lipinski definition) is 2. The molecule has 1 aliphatic rings. The maximum atomic E-state index is 8.87. The Bertz CT molecular complexity index is 575. The van der Waals surface area contributed by atoms with E-state index in [-0.39, 0.29) is 0 Å². The van der Waals surface area contributed by atoms with E-state index in [2.05, 4.69) is 11.2 Å². The molecule has 0 atom stereocenters. The first-order valence-corrected chi connectivity index (χ1v) is 5.45. The standard InChI is InChI=1S/C13H11N3/c14-8-10-3-1-5-12(7-10)16-13-6-2-4-11(13)9-15-16/h1,3,5,7,9H,2,4,6H2. The molecule has 3 nitrogen and oxygen atoms in total. The van der Waals surface area contributed by atoms with Gasteiger partial charge in [-0.05, 0) is 43.0 Å². The fourth-order valence-electron chi connectivity index (χ4n) is 2.26. The average molecular weight is 209 g/mol. The van der Waals surface area contributed by atoms with Gasteiger partial charge in [0.2, 0.25) is 0 Å². The highest BCUT2D eigenvalue weighted by atomic mass is 15.3. The number of aromatic nitrogens is 2. The normalized spacial score (nSPS) is 13.4. The second kappa shape index (κ2) is 3.49. The Kier molecular flexibility index (Phi) is 2.00. The van der Waals surface area contributed by atoms with Gasteiger partial charge < -0.3 is 0 Å². The van der Waals surface area contributed by atoms with Crippen LogP contribution in [0.2, 0.25) is 0 Å². The third-order valence-corrected chi connectivity index (χ3v) is 3.03. The van der Waals surface area contributed by atoms with Crippen LogP contribution in [0.3, 0.4) is 0 Å². The van der Waals surface area contributed by atoms with E-state index >= 15 is 0 Å². The molecule has 78 valence electrons. The Labute approximate surface area is 93.9 Å². The first kappa shape index (κ1) is 9.17. The van der Waals surface area contributed by atoms with Crippen molar-refractivity contribution in [3.8, 4) is 11.8 Å². The Morgan fingerprint density at radius 3 is 3.12 bits per heavy atom. The lowest BCUT2D eigenvalue weighted by Crippen LogP contribution is -2.01. The van der Waals surface area contributed by atoms with Crippen molar-refractivity contribution in [3.05, 3.63) is 47.3 Å². The van der Waals surface area contributed by atoms with Crippen molar-refractivity contribution in [1.29, 1.82) is 5.26 Å². The van der Waals surface area contributed by atoms with Crippen LogP contribution in [0.1, 0.15) is 23.2 Å². The van der Waals surface area contributed by atoms with E-state index in [1.807, 2.05) is 35.1 Å². The monoisotopic (exact) mass is 209 g/mol. The molecule has 0 unspecified atom stereocenters. The van der Waals surface area contributed by atoms with Gasteiger partial charge in [0, 0.05) is 5.69 Å². The third kappa shape index (κ3) is 1.31. The average Bonchev–Trinajstić information content (AvgIpc) is 2.90. The lowest BCUT2D eigenvalue weighted by atomic mass is 10.2. The topological polar surface area (TPSA) is 41.6 Å². The van der Waals surface area contributed by atoms with Gasteiger partial charge >= 0.3 is 0 Å². The third-order valence-electron chi connectivity index (χ3n) is 3.03. The largest absolute Gasteiger partial charge is 0.238 e. The molecule has 0 amide bonds. The molecule has 1 aromatic carbocycles. The molecule has 1 aliphatic carbocycles. The van der Waals surface area contributed by atoms with Crippen LogP contribution in [0.15, 0.2) is 30.5 Å². The van der Waals surface area contributed by atoms with Crippen molar-refractivity contribution in [3.63, 3.8) is 0 Å². The summed E-state index contributed by atoms with van der Waals surface area (Å²) in [6.45, 7) is 0. The van der Waals surface area contributed by atoms with Gasteiger partial charge in [0.15, 0.2) is 0 Å². The quantitative estimate of drug-likeness (QED) is 0.722. The van der Waals surface area contributed by atoms with Crippen molar-refractivity contribution in [2.45, 2.75) is 19.3 Å². The zero-order valence-electron chi connectivity index (χ0n) is 8.85. The minimum Gasteiger partial charge on any atom is -0.238 e. The van der Waals surface area contributed by atoms with Crippen molar-refractivity contribution >= 4 is 0 Å². The van der Waals surface area contributed by atoms with Gasteiger partial charge in [0.1, 0.15) is 0 Å². The number of hydrogen-bond donors (Lipinski definition) is 0. The van der Waals surface area contributed by atoms with Crippen molar-refractivity contribution in [2.24, 2.45) is 0 Å².